The molecule has 0 unspecified atom stereocenters. The van der Waals surface area contributed by atoms with Crippen LogP contribution in [0.5, 0.6) is 5.88 Å². The van der Waals surface area contributed by atoms with E-state index in [1.54, 1.807) is 6.07 Å². The van der Waals surface area contributed by atoms with Crippen LogP contribution in [-0.2, 0) is 12.8 Å². The van der Waals surface area contributed by atoms with Gasteiger partial charge in [0.2, 0.25) is 5.88 Å². The van der Waals surface area contributed by atoms with Gasteiger partial charge in [0, 0.05) is 6.07 Å². The zero-order valence-electron chi connectivity index (χ0n) is 9.30. The third kappa shape index (κ3) is 2.82. The zero-order valence-corrected chi connectivity index (χ0v) is 9.30. The molecule has 2 aromatic rings. The van der Waals surface area contributed by atoms with Crippen molar-refractivity contribution in [2.45, 2.75) is 12.8 Å². The second kappa shape index (κ2) is 5.13. The Bertz CT molecular complexity index is 544. The first kappa shape index (κ1) is 11.2. The molecule has 0 saturated heterocycles. The van der Waals surface area contributed by atoms with Crippen LogP contribution in [0, 0.1) is 11.3 Å². The Labute approximate surface area is 100.0 Å². The standard InChI is InChI=1S/C14H12N2O/c15-10-12-7-9-14(17)16-13(12)8-6-11-4-2-1-3-5-11/h1-5,7,9H,6,8H2,(H,16,17). The molecular formula is C14H12N2O. The molecule has 0 aliphatic carbocycles. The van der Waals surface area contributed by atoms with E-state index in [2.05, 4.69) is 11.1 Å². The van der Waals surface area contributed by atoms with E-state index in [9.17, 15) is 5.11 Å². The maximum absolute atomic E-state index is 9.31. The molecule has 0 fully saturated rings. The molecule has 0 amide bonds. The minimum atomic E-state index is -0.0351. The van der Waals surface area contributed by atoms with Crippen LogP contribution < -0.4 is 0 Å². The van der Waals surface area contributed by atoms with Crippen molar-refractivity contribution in [1.82, 2.24) is 4.98 Å². The smallest absolute Gasteiger partial charge is 0.211 e. The number of nitrogens with zero attached hydrogens (tertiary/aromatic N) is 2. The number of hydrogen-bond acceptors (Lipinski definition) is 3. The van der Waals surface area contributed by atoms with E-state index in [4.69, 9.17) is 5.26 Å². The number of hydrogen-bond donors (Lipinski definition) is 1. The first-order valence-corrected chi connectivity index (χ1v) is 5.42. The second-order valence-corrected chi connectivity index (χ2v) is 3.76. The highest BCUT2D eigenvalue weighted by Gasteiger charge is 2.05. The van der Waals surface area contributed by atoms with Crippen molar-refractivity contribution in [2.75, 3.05) is 0 Å². The van der Waals surface area contributed by atoms with E-state index in [1.165, 1.54) is 11.6 Å². The third-order valence-electron chi connectivity index (χ3n) is 2.57. The van der Waals surface area contributed by atoms with Gasteiger partial charge in [0.05, 0.1) is 11.3 Å². The predicted octanol–water partition coefficient (Wildman–Crippen LogP) is 2.44. The van der Waals surface area contributed by atoms with E-state index in [0.29, 0.717) is 17.7 Å². The van der Waals surface area contributed by atoms with E-state index in [0.717, 1.165) is 6.42 Å². The van der Waals surface area contributed by atoms with Gasteiger partial charge in [0.25, 0.3) is 0 Å². The van der Waals surface area contributed by atoms with Crippen LogP contribution in [0.4, 0.5) is 0 Å². The lowest BCUT2D eigenvalue weighted by Crippen LogP contribution is -1.98. The van der Waals surface area contributed by atoms with Gasteiger partial charge in [0.15, 0.2) is 0 Å². The average Bonchev–Trinajstić information content (AvgIpc) is 2.38. The predicted molar refractivity (Wildman–Crippen MR) is 64.5 cm³/mol. The number of pyridine rings is 1. The van der Waals surface area contributed by atoms with E-state index >= 15 is 0 Å². The summed E-state index contributed by atoms with van der Waals surface area (Å²) in [7, 11) is 0. The Balaban J connectivity index is 2.14. The lowest BCUT2D eigenvalue weighted by Gasteiger charge is -2.03. The molecule has 1 heterocycles. The van der Waals surface area contributed by atoms with Crippen LogP contribution in [0.3, 0.4) is 0 Å². The fourth-order valence-corrected chi connectivity index (χ4v) is 1.69. The summed E-state index contributed by atoms with van der Waals surface area (Å²) < 4.78 is 0. The van der Waals surface area contributed by atoms with Gasteiger partial charge < -0.3 is 5.11 Å². The number of rotatable bonds is 3. The molecule has 1 aromatic heterocycles. The molecule has 1 aromatic carbocycles. The van der Waals surface area contributed by atoms with Gasteiger partial charge in [-0.05, 0) is 24.5 Å². The lowest BCUT2D eigenvalue weighted by molar-refractivity contribution is 0.451. The van der Waals surface area contributed by atoms with Crippen LogP contribution in [0.25, 0.3) is 0 Å². The van der Waals surface area contributed by atoms with Crippen LogP contribution in [0.2, 0.25) is 0 Å². The first-order valence-electron chi connectivity index (χ1n) is 5.42. The summed E-state index contributed by atoms with van der Waals surface area (Å²) in [5, 5.41) is 18.2. The van der Waals surface area contributed by atoms with Gasteiger partial charge in [-0.1, -0.05) is 30.3 Å². The van der Waals surface area contributed by atoms with Gasteiger partial charge in [-0.25, -0.2) is 4.98 Å². The molecule has 3 heteroatoms. The van der Waals surface area contributed by atoms with Crippen molar-refractivity contribution in [3.63, 3.8) is 0 Å². The molecule has 1 N–H and O–H groups in total. The number of nitriles is 1. The number of benzene rings is 1. The largest absolute Gasteiger partial charge is 0.493 e. The Morgan fingerprint density at radius 1 is 1.06 bits per heavy atom. The molecule has 0 atom stereocenters. The van der Waals surface area contributed by atoms with Gasteiger partial charge in [-0.2, -0.15) is 5.26 Å². The van der Waals surface area contributed by atoms with Crippen molar-refractivity contribution in [3.05, 3.63) is 59.3 Å². The summed E-state index contributed by atoms with van der Waals surface area (Å²) in [6.07, 6.45) is 1.47. The fraction of sp³-hybridized carbons (Fsp3) is 0.143. The van der Waals surface area contributed by atoms with E-state index < -0.39 is 0 Å². The molecule has 17 heavy (non-hydrogen) atoms. The SMILES string of the molecule is N#Cc1ccc(O)nc1CCc1ccccc1. The Morgan fingerprint density at radius 3 is 2.53 bits per heavy atom. The summed E-state index contributed by atoms with van der Waals surface area (Å²) >= 11 is 0. The Morgan fingerprint density at radius 2 is 1.82 bits per heavy atom. The normalized spacial score (nSPS) is 9.82. The highest BCUT2D eigenvalue weighted by atomic mass is 16.3. The molecule has 0 spiro atoms. The van der Waals surface area contributed by atoms with Crippen LogP contribution in [0.1, 0.15) is 16.8 Å². The quantitative estimate of drug-likeness (QED) is 0.871. The third-order valence-corrected chi connectivity index (χ3v) is 2.57. The highest BCUT2D eigenvalue weighted by Crippen LogP contribution is 2.13. The van der Waals surface area contributed by atoms with Gasteiger partial charge in [-0.15, -0.1) is 0 Å². The summed E-state index contributed by atoms with van der Waals surface area (Å²) in [5.74, 6) is -0.0351. The number of aromatic hydroxyl groups is 1. The maximum Gasteiger partial charge on any atom is 0.211 e. The average molecular weight is 224 g/mol. The highest BCUT2D eigenvalue weighted by molar-refractivity contribution is 5.36. The Kier molecular flexibility index (Phi) is 3.37. The van der Waals surface area contributed by atoms with Crippen molar-refractivity contribution in [3.8, 4) is 11.9 Å². The fourth-order valence-electron chi connectivity index (χ4n) is 1.69. The molecule has 0 radical (unpaired) electrons. The van der Waals surface area contributed by atoms with E-state index in [-0.39, 0.29) is 5.88 Å². The minimum Gasteiger partial charge on any atom is -0.493 e. The van der Waals surface area contributed by atoms with Crippen LogP contribution >= 0.6 is 0 Å². The number of aromatic nitrogens is 1. The van der Waals surface area contributed by atoms with Crippen molar-refractivity contribution in [1.29, 1.82) is 5.26 Å². The van der Waals surface area contributed by atoms with Gasteiger partial charge >= 0.3 is 0 Å². The van der Waals surface area contributed by atoms with E-state index in [1.807, 2.05) is 30.3 Å². The molecule has 84 valence electrons. The molecule has 3 nitrogen and oxygen atoms in total. The van der Waals surface area contributed by atoms with Crippen molar-refractivity contribution in [2.24, 2.45) is 0 Å². The molecule has 0 bridgehead atoms. The van der Waals surface area contributed by atoms with Crippen LogP contribution in [0.15, 0.2) is 42.5 Å². The topological polar surface area (TPSA) is 56.9 Å². The summed E-state index contributed by atoms with van der Waals surface area (Å²) in [6.45, 7) is 0. The minimum absolute atomic E-state index is 0.0351. The molecule has 2 rings (SSSR count). The summed E-state index contributed by atoms with van der Waals surface area (Å²) in [6, 6.07) is 15.1. The molecular weight excluding hydrogens is 212 g/mol. The van der Waals surface area contributed by atoms with Crippen molar-refractivity contribution >= 4 is 0 Å². The first-order chi connectivity index (χ1) is 8.29. The monoisotopic (exact) mass is 224 g/mol. The second-order valence-electron chi connectivity index (χ2n) is 3.76. The van der Waals surface area contributed by atoms with Crippen LogP contribution in [-0.4, -0.2) is 10.1 Å². The molecule has 0 aliphatic heterocycles. The number of aryl methyl sites for hydroxylation is 2. The lowest BCUT2D eigenvalue weighted by atomic mass is 10.1. The van der Waals surface area contributed by atoms with Gasteiger partial charge in [0.1, 0.15) is 6.07 Å². The molecule has 0 saturated carbocycles. The van der Waals surface area contributed by atoms with Gasteiger partial charge in [-0.3, -0.25) is 0 Å². The summed E-state index contributed by atoms with van der Waals surface area (Å²) in [4.78, 5) is 3.99. The zero-order chi connectivity index (χ0) is 12.1. The summed E-state index contributed by atoms with van der Waals surface area (Å²) in [5.41, 5.74) is 2.37. The van der Waals surface area contributed by atoms with Crippen molar-refractivity contribution < 1.29 is 5.11 Å². The Hall–Kier alpha value is -2.34. The molecule has 0 aliphatic rings. The maximum atomic E-state index is 9.31.